The van der Waals surface area contributed by atoms with E-state index in [2.05, 4.69) is 72.7 Å². The summed E-state index contributed by atoms with van der Waals surface area (Å²) in [7, 11) is 0. The lowest BCUT2D eigenvalue weighted by Crippen LogP contribution is -2.37. The number of amides is 1. The van der Waals surface area contributed by atoms with Gasteiger partial charge in [-0.05, 0) is 56.3 Å². The molecule has 1 heterocycles. The standard InChI is InChI=1S/C24H33N3O/c1-5-25(6-2)17-18-27-23(21-11-9-10-12-22(21)24(27)28)19-13-15-20(16-14-19)26(7-3)8-4/h9-16,23H,5-8,17-18H2,1-4H3. The van der Waals surface area contributed by atoms with Crippen LogP contribution in [-0.2, 0) is 0 Å². The molecule has 0 saturated heterocycles. The number of anilines is 1. The highest BCUT2D eigenvalue weighted by atomic mass is 16.2. The average molecular weight is 380 g/mol. The first-order valence-electron chi connectivity index (χ1n) is 10.6. The third-order valence-corrected chi connectivity index (χ3v) is 5.95. The molecule has 0 fully saturated rings. The van der Waals surface area contributed by atoms with E-state index in [1.807, 2.05) is 18.2 Å². The Hall–Kier alpha value is -2.33. The van der Waals surface area contributed by atoms with Crippen LogP contribution in [0.3, 0.4) is 0 Å². The maximum atomic E-state index is 13.1. The molecule has 2 aromatic carbocycles. The van der Waals surface area contributed by atoms with Crippen LogP contribution in [0.15, 0.2) is 48.5 Å². The van der Waals surface area contributed by atoms with Crippen molar-refractivity contribution in [3.63, 3.8) is 0 Å². The van der Waals surface area contributed by atoms with Crippen LogP contribution in [0.25, 0.3) is 0 Å². The molecule has 0 bridgehead atoms. The molecule has 2 aromatic rings. The van der Waals surface area contributed by atoms with E-state index in [0.717, 1.165) is 50.4 Å². The smallest absolute Gasteiger partial charge is 0.255 e. The number of benzene rings is 2. The fraction of sp³-hybridized carbons (Fsp3) is 0.458. The Morgan fingerprint density at radius 3 is 2.11 bits per heavy atom. The van der Waals surface area contributed by atoms with Crippen LogP contribution >= 0.6 is 0 Å². The van der Waals surface area contributed by atoms with E-state index in [1.165, 1.54) is 11.3 Å². The summed E-state index contributed by atoms with van der Waals surface area (Å²) in [6, 6.07) is 16.8. The minimum Gasteiger partial charge on any atom is -0.372 e. The molecule has 3 rings (SSSR count). The predicted molar refractivity (Wildman–Crippen MR) is 117 cm³/mol. The highest BCUT2D eigenvalue weighted by Crippen LogP contribution is 2.38. The topological polar surface area (TPSA) is 26.8 Å². The summed E-state index contributed by atoms with van der Waals surface area (Å²) in [6.07, 6.45) is 0. The van der Waals surface area contributed by atoms with Gasteiger partial charge in [0, 0.05) is 37.4 Å². The number of rotatable bonds is 9. The summed E-state index contributed by atoms with van der Waals surface area (Å²) >= 11 is 0. The van der Waals surface area contributed by atoms with Crippen LogP contribution in [0.4, 0.5) is 5.69 Å². The zero-order chi connectivity index (χ0) is 20.1. The molecule has 1 amide bonds. The second-order valence-corrected chi connectivity index (χ2v) is 7.28. The number of carbonyl (C=O) groups is 1. The normalized spacial score (nSPS) is 16.0. The Bertz CT molecular complexity index is 779. The molecule has 0 aromatic heterocycles. The molecule has 1 aliphatic rings. The van der Waals surface area contributed by atoms with Crippen molar-refractivity contribution in [1.82, 2.24) is 9.80 Å². The number of carbonyl (C=O) groups excluding carboxylic acids is 1. The van der Waals surface area contributed by atoms with Crippen molar-refractivity contribution in [2.75, 3.05) is 44.2 Å². The van der Waals surface area contributed by atoms with Gasteiger partial charge < -0.3 is 14.7 Å². The van der Waals surface area contributed by atoms with Crippen molar-refractivity contribution in [3.05, 3.63) is 65.2 Å². The van der Waals surface area contributed by atoms with Crippen LogP contribution in [0.1, 0.15) is 55.2 Å². The van der Waals surface area contributed by atoms with Crippen molar-refractivity contribution in [2.24, 2.45) is 0 Å². The summed E-state index contributed by atoms with van der Waals surface area (Å²) in [6.45, 7) is 14.4. The first-order chi connectivity index (χ1) is 13.6. The molecule has 0 radical (unpaired) electrons. The highest BCUT2D eigenvalue weighted by molar-refractivity contribution is 5.99. The molecule has 28 heavy (non-hydrogen) atoms. The molecular weight excluding hydrogens is 346 g/mol. The fourth-order valence-electron chi connectivity index (χ4n) is 4.21. The molecule has 4 nitrogen and oxygen atoms in total. The first-order valence-corrected chi connectivity index (χ1v) is 10.6. The zero-order valence-electron chi connectivity index (χ0n) is 17.7. The Kier molecular flexibility index (Phi) is 6.74. The summed E-state index contributed by atoms with van der Waals surface area (Å²) < 4.78 is 0. The van der Waals surface area contributed by atoms with E-state index < -0.39 is 0 Å². The fourth-order valence-corrected chi connectivity index (χ4v) is 4.21. The summed E-state index contributed by atoms with van der Waals surface area (Å²) in [4.78, 5) is 19.9. The lowest BCUT2D eigenvalue weighted by atomic mass is 9.97. The monoisotopic (exact) mass is 379 g/mol. The minimum atomic E-state index is 0.00464. The van der Waals surface area contributed by atoms with Gasteiger partial charge in [-0.25, -0.2) is 0 Å². The van der Waals surface area contributed by atoms with Gasteiger partial charge >= 0.3 is 0 Å². The van der Waals surface area contributed by atoms with Gasteiger partial charge in [-0.2, -0.15) is 0 Å². The van der Waals surface area contributed by atoms with E-state index in [9.17, 15) is 4.79 Å². The van der Waals surface area contributed by atoms with Crippen LogP contribution in [0.2, 0.25) is 0 Å². The van der Waals surface area contributed by atoms with Crippen molar-refractivity contribution >= 4 is 11.6 Å². The van der Waals surface area contributed by atoms with Gasteiger partial charge in [0.25, 0.3) is 5.91 Å². The van der Waals surface area contributed by atoms with E-state index >= 15 is 0 Å². The Labute approximate surface area is 169 Å². The van der Waals surface area contributed by atoms with Gasteiger partial charge in [0.05, 0.1) is 6.04 Å². The van der Waals surface area contributed by atoms with E-state index in [-0.39, 0.29) is 11.9 Å². The molecular formula is C24H33N3O. The molecule has 150 valence electrons. The van der Waals surface area contributed by atoms with Gasteiger partial charge in [0.1, 0.15) is 0 Å². The van der Waals surface area contributed by atoms with E-state index in [0.29, 0.717) is 0 Å². The third kappa shape index (κ3) is 3.93. The quantitative estimate of drug-likeness (QED) is 0.645. The number of fused-ring (bicyclic) bond motifs is 1. The largest absolute Gasteiger partial charge is 0.372 e. The number of nitrogens with zero attached hydrogens (tertiary/aromatic N) is 3. The second-order valence-electron chi connectivity index (χ2n) is 7.28. The molecule has 0 N–H and O–H groups in total. The van der Waals surface area contributed by atoms with Crippen molar-refractivity contribution in [1.29, 1.82) is 0 Å². The molecule has 1 unspecified atom stereocenters. The summed E-state index contributed by atoms with van der Waals surface area (Å²) in [5.41, 5.74) is 4.40. The zero-order valence-corrected chi connectivity index (χ0v) is 17.7. The lowest BCUT2D eigenvalue weighted by Gasteiger charge is -2.29. The molecule has 0 spiro atoms. The first kappa shape index (κ1) is 20.4. The van der Waals surface area contributed by atoms with Crippen LogP contribution in [-0.4, -0.2) is 55.0 Å². The Balaban J connectivity index is 1.91. The average Bonchev–Trinajstić information content (AvgIpc) is 3.02. The van der Waals surface area contributed by atoms with Gasteiger partial charge in [-0.1, -0.05) is 44.2 Å². The SMILES string of the molecule is CCN(CC)CCN1C(=O)c2ccccc2C1c1ccc(N(CC)CC)cc1. The molecule has 1 atom stereocenters. The highest BCUT2D eigenvalue weighted by Gasteiger charge is 2.37. The maximum Gasteiger partial charge on any atom is 0.255 e. The van der Waals surface area contributed by atoms with E-state index in [1.54, 1.807) is 0 Å². The lowest BCUT2D eigenvalue weighted by molar-refractivity contribution is 0.0729. The van der Waals surface area contributed by atoms with Crippen molar-refractivity contribution in [3.8, 4) is 0 Å². The van der Waals surface area contributed by atoms with Crippen LogP contribution < -0.4 is 4.90 Å². The van der Waals surface area contributed by atoms with Gasteiger partial charge in [-0.3, -0.25) is 4.79 Å². The van der Waals surface area contributed by atoms with Gasteiger partial charge in [0.15, 0.2) is 0 Å². The summed E-state index contributed by atoms with van der Waals surface area (Å²) in [5.74, 6) is 0.153. The second kappa shape index (κ2) is 9.24. The van der Waals surface area contributed by atoms with Crippen LogP contribution in [0.5, 0.6) is 0 Å². The molecule has 1 aliphatic heterocycles. The Morgan fingerprint density at radius 2 is 1.50 bits per heavy atom. The van der Waals surface area contributed by atoms with Gasteiger partial charge in [-0.15, -0.1) is 0 Å². The van der Waals surface area contributed by atoms with Gasteiger partial charge in [0.2, 0.25) is 0 Å². The van der Waals surface area contributed by atoms with Crippen molar-refractivity contribution in [2.45, 2.75) is 33.7 Å². The molecule has 4 heteroatoms. The number of hydrogen-bond donors (Lipinski definition) is 0. The molecule has 0 aliphatic carbocycles. The number of likely N-dealkylation sites (N-methyl/N-ethyl adjacent to an activating group) is 1. The van der Waals surface area contributed by atoms with E-state index in [4.69, 9.17) is 0 Å². The predicted octanol–water partition coefficient (Wildman–Crippen LogP) is 4.42. The van der Waals surface area contributed by atoms with Crippen LogP contribution in [0, 0.1) is 0 Å². The summed E-state index contributed by atoms with van der Waals surface area (Å²) in [5, 5.41) is 0. The maximum absolute atomic E-state index is 13.1. The third-order valence-electron chi connectivity index (χ3n) is 5.95. The van der Waals surface area contributed by atoms with Crippen molar-refractivity contribution < 1.29 is 4.79 Å². The number of hydrogen-bond acceptors (Lipinski definition) is 3. The Morgan fingerprint density at radius 1 is 0.857 bits per heavy atom. The minimum absolute atomic E-state index is 0.00464. The molecule has 0 saturated carbocycles.